The minimum absolute atomic E-state index is 0.141. The molecule has 1 unspecified atom stereocenters. The van der Waals surface area contributed by atoms with Crippen molar-refractivity contribution in [3.63, 3.8) is 0 Å². The smallest absolute Gasteiger partial charge is 0.122 e. The van der Waals surface area contributed by atoms with E-state index in [1.807, 2.05) is 11.4 Å². The minimum atomic E-state index is 0.141. The van der Waals surface area contributed by atoms with Crippen molar-refractivity contribution in [3.8, 4) is 5.75 Å². The molecule has 0 aliphatic rings. The van der Waals surface area contributed by atoms with Crippen LogP contribution in [0.15, 0.2) is 23.6 Å². The van der Waals surface area contributed by atoms with Crippen molar-refractivity contribution in [2.45, 2.75) is 33.2 Å². The van der Waals surface area contributed by atoms with Crippen LogP contribution in [-0.4, -0.2) is 13.7 Å². The molecule has 0 radical (unpaired) electrons. The number of methoxy groups -OCH3 is 1. The molecule has 0 aliphatic heterocycles. The van der Waals surface area contributed by atoms with Crippen molar-refractivity contribution in [1.82, 2.24) is 5.32 Å². The molecule has 1 aromatic heterocycles. The summed E-state index contributed by atoms with van der Waals surface area (Å²) in [5.74, 6) is 0.933. The molecule has 0 aliphatic carbocycles. The van der Waals surface area contributed by atoms with Crippen LogP contribution in [-0.2, 0) is 0 Å². The van der Waals surface area contributed by atoms with Crippen LogP contribution in [0.4, 0.5) is 0 Å². The van der Waals surface area contributed by atoms with Gasteiger partial charge in [-0.15, -0.1) is 11.3 Å². The quantitative estimate of drug-likeness (QED) is 0.797. The Balaban J connectivity index is 2.46. The molecule has 0 bridgehead atoms. The minimum Gasteiger partial charge on any atom is -0.496 e. The maximum Gasteiger partial charge on any atom is 0.122 e. The maximum absolute atomic E-state index is 6.36. The number of nitrogens with one attached hydrogen (secondary N) is 1. The van der Waals surface area contributed by atoms with Gasteiger partial charge in [-0.25, -0.2) is 0 Å². The molecule has 0 fully saturated rings. The molecular weight excluding hydrogens is 302 g/mol. The fraction of sp³-hybridized carbons (Fsp3) is 0.412. The second-order valence-corrected chi connectivity index (χ2v) is 6.55. The van der Waals surface area contributed by atoms with Crippen LogP contribution in [0.25, 0.3) is 0 Å². The highest BCUT2D eigenvalue weighted by Gasteiger charge is 2.20. The van der Waals surface area contributed by atoms with Crippen LogP contribution in [0.1, 0.15) is 41.0 Å². The zero-order valence-electron chi connectivity index (χ0n) is 13.0. The van der Waals surface area contributed by atoms with E-state index in [-0.39, 0.29) is 6.04 Å². The zero-order valence-corrected chi connectivity index (χ0v) is 14.6. The van der Waals surface area contributed by atoms with E-state index in [2.05, 4.69) is 38.2 Å². The van der Waals surface area contributed by atoms with Gasteiger partial charge >= 0.3 is 0 Å². The fourth-order valence-corrected chi connectivity index (χ4v) is 3.75. The van der Waals surface area contributed by atoms with E-state index in [0.29, 0.717) is 0 Å². The Morgan fingerprint density at radius 3 is 2.62 bits per heavy atom. The molecule has 0 saturated heterocycles. The van der Waals surface area contributed by atoms with Gasteiger partial charge in [-0.2, -0.15) is 0 Å². The molecule has 1 heterocycles. The van der Waals surface area contributed by atoms with Crippen LogP contribution in [0.2, 0.25) is 5.02 Å². The third kappa shape index (κ3) is 3.60. The first-order chi connectivity index (χ1) is 10.1. The van der Waals surface area contributed by atoms with E-state index in [1.165, 1.54) is 16.0 Å². The number of thiophene rings is 1. The van der Waals surface area contributed by atoms with E-state index in [0.717, 1.165) is 29.3 Å². The molecule has 0 saturated carbocycles. The Hall–Kier alpha value is -1.03. The number of hydrogen-bond donors (Lipinski definition) is 1. The summed E-state index contributed by atoms with van der Waals surface area (Å²) < 4.78 is 5.41. The van der Waals surface area contributed by atoms with Crippen LogP contribution >= 0.6 is 22.9 Å². The van der Waals surface area contributed by atoms with Gasteiger partial charge in [-0.05, 0) is 61.0 Å². The molecule has 0 spiro atoms. The van der Waals surface area contributed by atoms with Crippen molar-refractivity contribution in [2.75, 3.05) is 13.7 Å². The highest BCUT2D eigenvalue weighted by atomic mass is 35.5. The molecule has 2 nitrogen and oxygen atoms in total. The number of hydrogen-bond acceptors (Lipinski definition) is 3. The molecule has 1 N–H and O–H groups in total. The summed E-state index contributed by atoms with van der Waals surface area (Å²) in [5, 5.41) is 6.50. The maximum atomic E-state index is 6.36. The fourth-order valence-electron chi connectivity index (χ4n) is 2.49. The Labute approximate surface area is 136 Å². The first kappa shape index (κ1) is 16.3. The van der Waals surface area contributed by atoms with Crippen molar-refractivity contribution < 1.29 is 4.74 Å². The van der Waals surface area contributed by atoms with Crippen molar-refractivity contribution in [2.24, 2.45) is 0 Å². The van der Waals surface area contributed by atoms with Gasteiger partial charge in [0.25, 0.3) is 0 Å². The lowest BCUT2D eigenvalue weighted by atomic mass is 9.97. The van der Waals surface area contributed by atoms with Gasteiger partial charge in [-0.3, -0.25) is 0 Å². The zero-order chi connectivity index (χ0) is 15.4. The Morgan fingerprint density at radius 2 is 2.05 bits per heavy atom. The number of ether oxygens (including phenoxy) is 1. The highest BCUT2D eigenvalue weighted by molar-refractivity contribution is 7.10. The Bertz CT molecular complexity index is 609. The number of aryl methyl sites for hydroxylation is 2. The lowest BCUT2D eigenvalue weighted by Crippen LogP contribution is -2.23. The van der Waals surface area contributed by atoms with Crippen molar-refractivity contribution >= 4 is 22.9 Å². The monoisotopic (exact) mass is 323 g/mol. The summed E-state index contributed by atoms with van der Waals surface area (Å²) in [6, 6.07) is 6.42. The largest absolute Gasteiger partial charge is 0.496 e. The lowest BCUT2D eigenvalue weighted by molar-refractivity contribution is 0.411. The van der Waals surface area contributed by atoms with Gasteiger partial charge in [-0.1, -0.05) is 24.6 Å². The first-order valence-corrected chi connectivity index (χ1v) is 8.45. The predicted octanol–water partition coefficient (Wildman–Crippen LogP) is 5.12. The third-order valence-corrected chi connectivity index (χ3v) is 5.02. The second-order valence-electron chi connectivity index (χ2n) is 5.20. The summed E-state index contributed by atoms with van der Waals surface area (Å²) in [5.41, 5.74) is 3.63. The van der Waals surface area contributed by atoms with Gasteiger partial charge < -0.3 is 10.1 Å². The summed E-state index contributed by atoms with van der Waals surface area (Å²) in [4.78, 5) is 1.18. The van der Waals surface area contributed by atoms with Crippen LogP contribution in [0, 0.1) is 13.8 Å². The molecule has 114 valence electrons. The van der Waals surface area contributed by atoms with Crippen LogP contribution in [0.5, 0.6) is 5.75 Å². The van der Waals surface area contributed by atoms with E-state index in [9.17, 15) is 0 Å². The normalized spacial score (nSPS) is 12.4. The topological polar surface area (TPSA) is 21.3 Å². The molecule has 0 amide bonds. The average Bonchev–Trinajstić information content (AvgIpc) is 2.88. The summed E-state index contributed by atoms with van der Waals surface area (Å²) in [7, 11) is 1.71. The molecule has 1 atom stereocenters. The number of rotatable bonds is 6. The Kier molecular flexibility index (Phi) is 5.68. The van der Waals surface area contributed by atoms with Crippen LogP contribution < -0.4 is 10.1 Å². The predicted molar refractivity (Wildman–Crippen MR) is 91.9 cm³/mol. The van der Waals surface area contributed by atoms with Gasteiger partial charge in [0.05, 0.1) is 18.2 Å². The number of halogens is 1. The summed E-state index contributed by atoms with van der Waals surface area (Å²) in [6.45, 7) is 7.34. The molecular formula is C17H22ClNOS. The van der Waals surface area contributed by atoms with Gasteiger partial charge in [0.15, 0.2) is 0 Å². The Morgan fingerprint density at radius 1 is 1.29 bits per heavy atom. The number of benzene rings is 1. The highest BCUT2D eigenvalue weighted by Crippen LogP contribution is 2.36. The van der Waals surface area contributed by atoms with Gasteiger partial charge in [0.1, 0.15) is 5.75 Å². The molecule has 21 heavy (non-hydrogen) atoms. The average molecular weight is 324 g/mol. The first-order valence-electron chi connectivity index (χ1n) is 7.19. The standard InChI is InChI=1S/C17H22ClNOS/c1-5-7-19-16(17-14(18)6-8-21-17)13-9-12(3)15(20-4)10-11(13)2/h6,8-10,16,19H,5,7H2,1-4H3. The summed E-state index contributed by atoms with van der Waals surface area (Å²) >= 11 is 8.06. The van der Waals surface area contributed by atoms with Crippen molar-refractivity contribution in [1.29, 1.82) is 0 Å². The van der Waals surface area contributed by atoms with E-state index in [4.69, 9.17) is 16.3 Å². The van der Waals surface area contributed by atoms with E-state index in [1.54, 1.807) is 18.4 Å². The molecule has 2 rings (SSSR count). The van der Waals surface area contributed by atoms with Gasteiger partial charge in [0.2, 0.25) is 0 Å². The lowest BCUT2D eigenvalue weighted by Gasteiger charge is -2.22. The SMILES string of the molecule is CCCNC(c1cc(C)c(OC)cc1C)c1sccc1Cl. The molecule has 1 aromatic carbocycles. The third-order valence-electron chi connectivity index (χ3n) is 3.60. The summed E-state index contributed by atoms with van der Waals surface area (Å²) in [6.07, 6.45) is 1.09. The van der Waals surface area contributed by atoms with E-state index >= 15 is 0 Å². The molecule has 4 heteroatoms. The second kappa shape index (κ2) is 7.30. The van der Waals surface area contributed by atoms with Crippen LogP contribution in [0.3, 0.4) is 0 Å². The van der Waals surface area contributed by atoms with E-state index < -0.39 is 0 Å². The van der Waals surface area contributed by atoms with Gasteiger partial charge in [0, 0.05) is 4.88 Å². The van der Waals surface area contributed by atoms with Crippen molar-refractivity contribution in [3.05, 3.63) is 50.2 Å². The molecule has 2 aromatic rings.